The molecular weight excluding hydrogens is 310 g/mol. The first-order chi connectivity index (χ1) is 11.6. The number of methoxy groups -OCH3 is 1. The summed E-state index contributed by atoms with van der Waals surface area (Å²) in [6, 6.07) is 15.3. The Morgan fingerprint density at radius 3 is 2.50 bits per heavy atom. The Morgan fingerprint density at radius 1 is 1.12 bits per heavy atom. The second-order valence-electron chi connectivity index (χ2n) is 5.18. The topological polar surface area (TPSA) is 84.2 Å². The van der Waals surface area contributed by atoms with E-state index in [0.29, 0.717) is 22.6 Å². The highest BCUT2D eigenvalue weighted by Gasteiger charge is 2.21. The van der Waals surface area contributed by atoms with Crippen LogP contribution in [0.4, 0.5) is 5.69 Å². The quantitative estimate of drug-likeness (QED) is 0.312. The third-order valence-corrected chi connectivity index (χ3v) is 3.74. The summed E-state index contributed by atoms with van der Waals surface area (Å²) in [4.78, 5) is 11.5. The van der Waals surface area contributed by atoms with Gasteiger partial charge in [-0.3, -0.25) is 10.1 Å². The molecule has 24 heavy (non-hydrogen) atoms. The third-order valence-electron chi connectivity index (χ3n) is 3.74. The van der Waals surface area contributed by atoms with Crippen LogP contribution in [0.3, 0.4) is 0 Å². The zero-order valence-electron chi connectivity index (χ0n) is 13.0. The average molecular weight is 325 g/mol. The van der Waals surface area contributed by atoms with Gasteiger partial charge in [0.15, 0.2) is 0 Å². The molecule has 0 atom stereocenters. The summed E-state index contributed by atoms with van der Waals surface area (Å²) >= 11 is 0. The predicted octanol–water partition coefficient (Wildman–Crippen LogP) is 2.75. The Kier molecular flexibility index (Phi) is 4.15. The molecule has 0 saturated carbocycles. The van der Waals surface area contributed by atoms with Gasteiger partial charge in [0, 0.05) is 12.1 Å². The lowest BCUT2D eigenvalue weighted by Gasteiger charge is -2.09. The van der Waals surface area contributed by atoms with Crippen molar-refractivity contribution in [3.8, 4) is 17.0 Å². The lowest BCUT2D eigenvalue weighted by molar-refractivity contribution is -0.692. The normalized spacial score (nSPS) is 10.5. The van der Waals surface area contributed by atoms with Crippen molar-refractivity contribution < 1.29 is 14.5 Å². The maximum atomic E-state index is 12.1. The van der Waals surface area contributed by atoms with Gasteiger partial charge in [-0.1, -0.05) is 29.1 Å². The van der Waals surface area contributed by atoms with Crippen LogP contribution in [-0.2, 0) is 6.54 Å². The Morgan fingerprint density at radius 2 is 1.83 bits per heavy atom. The number of benzene rings is 2. The molecule has 1 aromatic heterocycles. The van der Waals surface area contributed by atoms with Gasteiger partial charge in [-0.25, -0.2) is 0 Å². The Labute approximate surface area is 138 Å². The van der Waals surface area contributed by atoms with Crippen LogP contribution in [-0.4, -0.2) is 16.7 Å². The van der Waals surface area contributed by atoms with Gasteiger partial charge in [0.2, 0.25) is 6.20 Å². The molecule has 0 unspecified atom stereocenters. The van der Waals surface area contributed by atoms with Gasteiger partial charge in [0.05, 0.1) is 17.6 Å². The van der Waals surface area contributed by atoms with Crippen LogP contribution in [0, 0.1) is 15.3 Å². The van der Waals surface area contributed by atoms with E-state index in [0.717, 1.165) is 11.3 Å². The number of aromatic nitrogens is 2. The van der Waals surface area contributed by atoms with E-state index >= 15 is 0 Å². The summed E-state index contributed by atoms with van der Waals surface area (Å²) in [6.45, 7) is 0.294. The van der Waals surface area contributed by atoms with Crippen LogP contribution in [0.1, 0.15) is 5.56 Å². The van der Waals surface area contributed by atoms with E-state index < -0.39 is 4.92 Å². The van der Waals surface area contributed by atoms with Crippen molar-refractivity contribution in [2.24, 2.45) is 0 Å². The van der Waals surface area contributed by atoms with E-state index in [9.17, 15) is 15.3 Å². The van der Waals surface area contributed by atoms with Crippen LogP contribution >= 0.6 is 0 Å². The number of para-hydroxylation sites is 1. The number of nitro benzene ring substituents is 1. The molecule has 2 aromatic carbocycles. The van der Waals surface area contributed by atoms with Gasteiger partial charge in [0.1, 0.15) is 18.0 Å². The summed E-state index contributed by atoms with van der Waals surface area (Å²) in [5.74, 6) is 0.722. The van der Waals surface area contributed by atoms with Crippen molar-refractivity contribution in [1.82, 2.24) is 4.68 Å². The highest BCUT2D eigenvalue weighted by molar-refractivity contribution is 5.70. The fraction of sp³-hybridized carbons (Fsp3) is 0.118. The standard InChI is InChI=1S/C17H15N3O4/c1-24-14-8-6-13(7-9-14)12-18-16(10-11-19(18)21)15-4-2-3-5-17(15)20(22)23/h2-11H,12H2,1H3. The van der Waals surface area contributed by atoms with Crippen LogP contribution in [0.5, 0.6) is 5.75 Å². The lowest BCUT2D eigenvalue weighted by atomic mass is 10.1. The summed E-state index contributed by atoms with van der Waals surface area (Å²) in [5, 5.41) is 23.3. The molecule has 0 N–H and O–H groups in total. The smallest absolute Gasteiger partial charge is 0.278 e. The second kappa shape index (κ2) is 6.41. The van der Waals surface area contributed by atoms with E-state index in [-0.39, 0.29) is 5.69 Å². The molecule has 3 aromatic rings. The van der Waals surface area contributed by atoms with Gasteiger partial charge in [-0.2, -0.15) is 0 Å². The molecule has 0 amide bonds. The molecule has 7 heteroatoms. The minimum absolute atomic E-state index is 0.0350. The Balaban J connectivity index is 2.02. The lowest BCUT2D eigenvalue weighted by Crippen LogP contribution is -2.37. The first kappa shape index (κ1) is 15.5. The van der Waals surface area contributed by atoms with E-state index in [1.54, 1.807) is 43.5 Å². The van der Waals surface area contributed by atoms with Crippen molar-refractivity contribution >= 4 is 5.69 Å². The molecule has 0 saturated heterocycles. The fourth-order valence-corrected chi connectivity index (χ4v) is 2.54. The van der Waals surface area contributed by atoms with Crippen LogP contribution in [0.2, 0.25) is 0 Å². The van der Waals surface area contributed by atoms with Crippen LogP contribution in [0.15, 0.2) is 60.8 Å². The molecule has 122 valence electrons. The molecule has 1 heterocycles. The minimum Gasteiger partial charge on any atom is -0.596 e. The number of hydrogen-bond donors (Lipinski definition) is 0. The number of ether oxygens (including phenoxy) is 1. The molecule has 0 aliphatic carbocycles. The van der Waals surface area contributed by atoms with Crippen molar-refractivity contribution in [2.45, 2.75) is 6.54 Å². The SMILES string of the molecule is COc1ccc(Cn2c(-c3ccccc3[N+](=O)[O-])cc[n+]2[O-])cc1. The number of nitrogens with zero attached hydrogens (tertiary/aromatic N) is 3. The van der Waals surface area contributed by atoms with Crippen LogP contribution in [0.25, 0.3) is 11.3 Å². The maximum absolute atomic E-state index is 12.1. The van der Waals surface area contributed by atoms with E-state index in [4.69, 9.17) is 4.74 Å². The highest BCUT2D eigenvalue weighted by atomic mass is 16.6. The summed E-state index contributed by atoms with van der Waals surface area (Å²) in [5.41, 5.74) is 1.75. The first-order valence-corrected chi connectivity index (χ1v) is 7.26. The Hall–Kier alpha value is -3.35. The average Bonchev–Trinajstić information content (AvgIpc) is 2.96. The fourth-order valence-electron chi connectivity index (χ4n) is 2.54. The molecule has 0 aliphatic rings. The molecular formula is C17H15N3O4. The molecule has 0 radical (unpaired) electrons. The van der Waals surface area contributed by atoms with E-state index in [1.807, 2.05) is 12.1 Å². The zero-order chi connectivity index (χ0) is 17.1. The predicted molar refractivity (Wildman–Crippen MR) is 87.6 cm³/mol. The molecule has 0 aliphatic heterocycles. The molecule has 0 bridgehead atoms. The summed E-state index contributed by atoms with van der Waals surface area (Å²) in [6.07, 6.45) is 1.34. The molecule has 0 fully saturated rings. The van der Waals surface area contributed by atoms with E-state index in [1.165, 1.54) is 16.9 Å². The third kappa shape index (κ3) is 2.91. The largest absolute Gasteiger partial charge is 0.596 e. The zero-order valence-corrected chi connectivity index (χ0v) is 13.0. The monoisotopic (exact) mass is 325 g/mol. The van der Waals surface area contributed by atoms with Crippen molar-refractivity contribution in [3.05, 3.63) is 81.7 Å². The molecule has 3 rings (SSSR count). The van der Waals surface area contributed by atoms with Gasteiger partial charge in [-0.05, 0) is 23.8 Å². The number of rotatable bonds is 5. The van der Waals surface area contributed by atoms with Gasteiger partial charge in [0.25, 0.3) is 5.69 Å². The van der Waals surface area contributed by atoms with Crippen molar-refractivity contribution in [3.63, 3.8) is 0 Å². The number of nitro groups is 1. The van der Waals surface area contributed by atoms with Crippen molar-refractivity contribution in [1.29, 1.82) is 0 Å². The maximum Gasteiger partial charge on any atom is 0.278 e. The Bertz CT molecular complexity index is 872. The van der Waals surface area contributed by atoms with Crippen LogP contribution < -0.4 is 9.58 Å². The van der Waals surface area contributed by atoms with Crippen molar-refractivity contribution in [2.75, 3.05) is 7.11 Å². The minimum atomic E-state index is -0.449. The van der Waals surface area contributed by atoms with Gasteiger partial charge in [-0.15, -0.1) is 4.68 Å². The summed E-state index contributed by atoms with van der Waals surface area (Å²) < 4.78 is 6.56. The second-order valence-corrected chi connectivity index (χ2v) is 5.18. The first-order valence-electron chi connectivity index (χ1n) is 7.26. The van der Waals surface area contributed by atoms with E-state index in [2.05, 4.69) is 0 Å². The molecule has 0 spiro atoms. The summed E-state index contributed by atoms with van der Waals surface area (Å²) in [7, 11) is 1.58. The van der Waals surface area contributed by atoms with Gasteiger partial charge < -0.3 is 9.94 Å². The van der Waals surface area contributed by atoms with Gasteiger partial charge >= 0.3 is 0 Å². The molecule has 7 nitrogen and oxygen atoms in total. The number of hydrogen-bond acceptors (Lipinski definition) is 4. The highest BCUT2D eigenvalue weighted by Crippen LogP contribution is 2.29.